The van der Waals surface area contributed by atoms with E-state index in [9.17, 15) is 4.79 Å². The number of hydrogen-bond acceptors (Lipinski definition) is 8. The van der Waals surface area contributed by atoms with E-state index in [1.165, 1.54) is 12.0 Å². The van der Waals surface area contributed by atoms with E-state index in [-0.39, 0.29) is 29.1 Å². The molecule has 0 radical (unpaired) electrons. The van der Waals surface area contributed by atoms with Gasteiger partial charge in [-0.2, -0.15) is 0 Å². The zero-order valence-electron chi connectivity index (χ0n) is 31.9. The number of hydrogen-bond donors (Lipinski definition) is 5. The third-order valence-electron chi connectivity index (χ3n) is 10.5. The lowest BCUT2D eigenvalue weighted by Gasteiger charge is -2.42. The SMILES string of the molecule is CN(C)C1CN(Cc2cccc(N=C(C=C(N)C(C)(C)C)NC(=O)NC3CCC(Oc4ccc(=N)n(C(=N)N5CCCCC5)c4)c4ccccc43)c2)C1. The number of urea groups is 1. The van der Waals surface area contributed by atoms with E-state index in [1.807, 2.05) is 62.1 Å². The predicted octanol–water partition coefficient (Wildman–Crippen LogP) is 5.86. The molecule has 3 aliphatic rings. The average molecular weight is 721 g/mol. The van der Waals surface area contributed by atoms with Gasteiger partial charge in [-0.1, -0.05) is 57.2 Å². The van der Waals surface area contributed by atoms with E-state index in [0.717, 1.165) is 62.4 Å². The Hall–Kier alpha value is -4.94. The number of likely N-dealkylation sites (N-methyl/N-ethyl adjacent to an activating group) is 1. The topological polar surface area (TPSA) is 151 Å². The molecule has 282 valence electrons. The number of likely N-dealkylation sites (tertiary alicyclic amines) is 2. The third-order valence-corrected chi connectivity index (χ3v) is 10.5. The van der Waals surface area contributed by atoms with Gasteiger partial charge < -0.3 is 25.6 Å². The van der Waals surface area contributed by atoms with Gasteiger partial charge in [-0.05, 0) is 87.2 Å². The van der Waals surface area contributed by atoms with Gasteiger partial charge in [0.15, 0.2) is 0 Å². The Morgan fingerprint density at radius 1 is 1.02 bits per heavy atom. The highest BCUT2D eigenvalue weighted by atomic mass is 16.5. The van der Waals surface area contributed by atoms with E-state index < -0.39 is 0 Å². The molecule has 2 amide bonds. The number of rotatable bonds is 8. The number of amides is 2. The normalized spacial score (nSPS) is 20.1. The van der Waals surface area contributed by atoms with Crippen LogP contribution in [0.3, 0.4) is 0 Å². The van der Waals surface area contributed by atoms with Crippen LogP contribution >= 0.6 is 0 Å². The largest absolute Gasteiger partial charge is 0.484 e. The van der Waals surface area contributed by atoms with Crippen molar-refractivity contribution in [3.63, 3.8) is 0 Å². The molecule has 2 fully saturated rings. The molecule has 2 saturated heterocycles. The first-order valence-electron chi connectivity index (χ1n) is 18.8. The summed E-state index contributed by atoms with van der Waals surface area (Å²) in [6.45, 7) is 10.7. The molecular weight excluding hydrogens is 665 g/mol. The zero-order valence-corrected chi connectivity index (χ0v) is 31.9. The van der Waals surface area contributed by atoms with Crippen LogP contribution in [0.4, 0.5) is 10.5 Å². The predicted molar refractivity (Wildman–Crippen MR) is 210 cm³/mol. The van der Waals surface area contributed by atoms with Crippen molar-refractivity contribution in [2.75, 3.05) is 40.3 Å². The van der Waals surface area contributed by atoms with Crippen molar-refractivity contribution in [2.24, 2.45) is 16.1 Å². The minimum Gasteiger partial charge on any atom is -0.484 e. The number of aromatic nitrogens is 1. The van der Waals surface area contributed by atoms with Crippen molar-refractivity contribution in [2.45, 2.75) is 77.6 Å². The van der Waals surface area contributed by atoms with Crippen molar-refractivity contribution in [1.29, 1.82) is 10.8 Å². The lowest BCUT2D eigenvalue weighted by molar-refractivity contribution is 0.0574. The van der Waals surface area contributed by atoms with Gasteiger partial charge in [0.1, 0.15) is 23.2 Å². The maximum absolute atomic E-state index is 13.7. The summed E-state index contributed by atoms with van der Waals surface area (Å²) in [5.74, 6) is 1.27. The van der Waals surface area contributed by atoms with Crippen LogP contribution in [0.15, 0.2) is 83.6 Å². The quantitative estimate of drug-likeness (QED) is 0.145. The van der Waals surface area contributed by atoms with Crippen molar-refractivity contribution in [1.82, 2.24) is 29.9 Å². The average Bonchev–Trinajstić information content (AvgIpc) is 3.11. The molecule has 53 heavy (non-hydrogen) atoms. The van der Waals surface area contributed by atoms with Gasteiger partial charge in [0.25, 0.3) is 0 Å². The van der Waals surface area contributed by atoms with Gasteiger partial charge in [-0.25, -0.2) is 9.79 Å². The molecule has 0 bridgehead atoms. The number of aliphatic imine (C=N–C) groups is 1. The first-order chi connectivity index (χ1) is 25.3. The second-order valence-electron chi connectivity index (χ2n) is 15.8. The number of benzene rings is 2. The number of nitrogens with one attached hydrogen (secondary N) is 4. The number of piperidine rings is 1. The molecular formula is C41H56N10O2. The number of amidine groups is 1. The van der Waals surface area contributed by atoms with Crippen LogP contribution in [-0.2, 0) is 6.54 Å². The first kappa shape index (κ1) is 37.8. The Morgan fingerprint density at radius 3 is 2.47 bits per heavy atom. The lowest BCUT2D eigenvalue weighted by atomic mass is 9.85. The molecule has 12 heteroatoms. The van der Waals surface area contributed by atoms with E-state index >= 15 is 0 Å². The Morgan fingerprint density at radius 2 is 1.75 bits per heavy atom. The minimum absolute atomic E-state index is 0.241. The zero-order chi connectivity index (χ0) is 37.7. The van der Waals surface area contributed by atoms with E-state index in [2.05, 4.69) is 46.7 Å². The Bertz CT molecular complexity index is 1900. The summed E-state index contributed by atoms with van der Waals surface area (Å²) in [4.78, 5) is 25.3. The Kier molecular flexibility index (Phi) is 11.7. The highest BCUT2D eigenvalue weighted by Gasteiger charge is 2.30. The van der Waals surface area contributed by atoms with Gasteiger partial charge in [-0.3, -0.25) is 25.6 Å². The number of ether oxygens (including phenoxy) is 1. The number of nitrogens with zero attached hydrogens (tertiary/aromatic N) is 5. The number of pyridine rings is 1. The molecule has 2 aliphatic heterocycles. The summed E-state index contributed by atoms with van der Waals surface area (Å²) >= 11 is 0. The van der Waals surface area contributed by atoms with Gasteiger partial charge in [0, 0.05) is 56.0 Å². The molecule has 2 unspecified atom stereocenters. The number of carbonyl (C=O) groups is 1. The van der Waals surface area contributed by atoms with Gasteiger partial charge in [-0.15, -0.1) is 0 Å². The van der Waals surface area contributed by atoms with Crippen LogP contribution in [0.1, 0.15) is 81.7 Å². The monoisotopic (exact) mass is 720 g/mol. The van der Waals surface area contributed by atoms with E-state index in [4.69, 9.17) is 26.3 Å². The molecule has 2 aromatic carbocycles. The molecule has 1 aromatic heterocycles. The molecule has 6 rings (SSSR count). The number of carbonyl (C=O) groups excluding carboxylic acids is 1. The lowest BCUT2D eigenvalue weighted by Crippen LogP contribution is -2.56. The summed E-state index contributed by atoms with van der Waals surface area (Å²) < 4.78 is 8.13. The van der Waals surface area contributed by atoms with Crippen molar-refractivity contribution < 1.29 is 9.53 Å². The second-order valence-corrected chi connectivity index (χ2v) is 15.8. The van der Waals surface area contributed by atoms with Crippen LogP contribution in [0.25, 0.3) is 0 Å². The molecule has 12 nitrogen and oxygen atoms in total. The number of fused-ring (bicyclic) bond motifs is 1. The van der Waals surface area contributed by atoms with Crippen LogP contribution in [0, 0.1) is 16.2 Å². The molecule has 3 aromatic rings. The number of allylic oxidation sites excluding steroid dienone is 1. The van der Waals surface area contributed by atoms with Crippen LogP contribution < -0.4 is 26.6 Å². The molecule has 1 aliphatic carbocycles. The fraction of sp³-hybridized carbons (Fsp3) is 0.463. The van der Waals surface area contributed by atoms with Crippen molar-refractivity contribution >= 4 is 23.5 Å². The van der Waals surface area contributed by atoms with E-state index in [1.54, 1.807) is 29.0 Å². The van der Waals surface area contributed by atoms with E-state index in [0.29, 0.717) is 42.1 Å². The first-order valence-corrected chi connectivity index (χ1v) is 18.8. The van der Waals surface area contributed by atoms with Gasteiger partial charge in [0.05, 0.1) is 17.9 Å². The molecule has 6 N–H and O–H groups in total. The third kappa shape index (κ3) is 9.54. The maximum Gasteiger partial charge on any atom is 0.320 e. The summed E-state index contributed by atoms with van der Waals surface area (Å²) in [5.41, 5.74) is 10.9. The molecule has 0 saturated carbocycles. The van der Waals surface area contributed by atoms with Crippen LogP contribution in [0.5, 0.6) is 5.75 Å². The molecule has 2 atom stereocenters. The Labute approximate surface area is 313 Å². The maximum atomic E-state index is 13.7. The van der Waals surface area contributed by atoms with Crippen molar-refractivity contribution in [3.8, 4) is 5.75 Å². The highest BCUT2D eigenvalue weighted by Crippen LogP contribution is 2.38. The summed E-state index contributed by atoms with van der Waals surface area (Å²) in [6, 6.07) is 19.6. The van der Waals surface area contributed by atoms with Crippen LogP contribution in [-0.4, -0.2) is 83.4 Å². The summed E-state index contributed by atoms with van der Waals surface area (Å²) in [5, 5.41) is 23.4. The minimum atomic E-state index is -0.365. The number of nitrogens with two attached hydrogens (primary N) is 1. The standard InChI is InChI=1S/C41H56N10O2/c1-41(2,3)36(42)23-38(45-29-13-11-12-28(22-29)24-49-25-30(26-49)48(4)5)47-40(52)46-34-17-18-35(33-15-8-7-14-32(33)34)53-31-16-19-37(43)51(27-31)39(44)50-20-9-6-10-21-50/h7-8,11-16,19,22-23,27,30,34-35,43-44H,6,9-10,17-18,20-21,24-26,42H2,1-5H3,(H2,45,46,47,52). The highest BCUT2D eigenvalue weighted by molar-refractivity contribution is 6.05. The second kappa shape index (κ2) is 16.4. The summed E-state index contributed by atoms with van der Waals surface area (Å²) in [6.07, 6.45) is 7.87. The Balaban J connectivity index is 1.15. The molecule has 3 heterocycles. The summed E-state index contributed by atoms with van der Waals surface area (Å²) in [7, 11) is 4.25. The smallest absolute Gasteiger partial charge is 0.320 e. The van der Waals surface area contributed by atoms with Crippen LogP contribution in [0.2, 0.25) is 0 Å². The fourth-order valence-corrected chi connectivity index (χ4v) is 7.06. The van der Waals surface area contributed by atoms with Crippen molar-refractivity contribution in [3.05, 3.63) is 101 Å². The van der Waals surface area contributed by atoms with Gasteiger partial charge >= 0.3 is 6.03 Å². The fourth-order valence-electron chi connectivity index (χ4n) is 7.06. The van der Waals surface area contributed by atoms with Gasteiger partial charge in [0.2, 0.25) is 5.96 Å². The molecule has 0 spiro atoms.